The van der Waals surface area contributed by atoms with E-state index >= 15 is 0 Å². The molecular formula is C15H15ClN2O2. The summed E-state index contributed by atoms with van der Waals surface area (Å²) in [6.07, 6.45) is 3.11. The lowest BCUT2D eigenvalue weighted by Crippen LogP contribution is -2.15. The Morgan fingerprint density at radius 1 is 1.30 bits per heavy atom. The summed E-state index contributed by atoms with van der Waals surface area (Å²) in [4.78, 5) is 11.8. The number of furan rings is 1. The van der Waals surface area contributed by atoms with Crippen molar-refractivity contribution in [3.63, 3.8) is 0 Å². The first-order valence-corrected chi connectivity index (χ1v) is 6.52. The molecule has 0 fully saturated rings. The molecule has 2 aromatic rings. The van der Waals surface area contributed by atoms with Gasteiger partial charge in [0.05, 0.1) is 12.8 Å². The van der Waals surface area contributed by atoms with Gasteiger partial charge in [-0.3, -0.25) is 4.79 Å². The summed E-state index contributed by atoms with van der Waals surface area (Å²) >= 11 is 5.78. The van der Waals surface area contributed by atoms with Gasteiger partial charge in [-0.05, 0) is 43.3 Å². The zero-order chi connectivity index (χ0) is 14.4. The summed E-state index contributed by atoms with van der Waals surface area (Å²) in [5.74, 6) is 0.618. The van der Waals surface area contributed by atoms with Crippen LogP contribution in [-0.4, -0.2) is 5.91 Å². The Morgan fingerprint density at radius 3 is 2.70 bits per heavy atom. The van der Waals surface area contributed by atoms with Crippen molar-refractivity contribution in [3.8, 4) is 0 Å². The van der Waals surface area contributed by atoms with Crippen molar-refractivity contribution in [2.24, 2.45) is 0 Å². The van der Waals surface area contributed by atoms with Crippen molar-refractivity contribution in [2.45, 2.75) is 13.5 Å². The third kappa shape index (κ3) is 4.48. The smallest absolute Gasteiger partial charge is 0.250 e. The van der Waals surface area contributed by atoms with Crippen LogP contribution < -0.4 is 10.6 Å². The van der Waals surface area contributed by atoms with E-state index in [1.54, 1.807) is 30.5 Å². The Morgan fingerprint density at radius 2 is 2.05 bits per heavy atom. The van der Waals surface area contributed by atoms with E-state index in [2.05, 4.69) is 10.6 Å². The van der Waals surface area contributed by atoms with Gasteiger partial charge in [-0.15, -0.1) is 0 Å². The van der Waals surface area contributed by atoms with E-state index in [0.717, 1.165) is 11.5 Å². The maximum absolute atomic E-state index is 11.8. The number of hydrogen-bond donors (Lipinski definition) is 2. The molecule has 104 valence electrons. The minimum Gasteiger partial charge on any atom is -0.467 e. The second kappa shape index (κ2) is 6.82. The molecule has 0 radical (unpaired) electrons. The number of nitrogens with one attached hydrogen (secondary N) is 2. The van der Waals surface area contributed by atoms with E-state index in [1.165, 1.54) is 6.08 Å². The van der Waals surface area contributed by atoms with Gasteiger partial charge in [0, 0.05) is 22.5 Å². The zero-order valence-electron chi connectivity index (χ0n) is 11.0. The topological polar surface area (TPSA) is 54.3 Å². The maximum atomic E-state index is 11.8. The Balaban J connectivity index is 1.85. The highest BCUT2D eigenvalue weighted by molar-refractivity contribution is 6.30. The number of amides is 1. The van der Waals surface area contributed by atoms with Crippen LogP contribution in [0.25, 0.3) is 0 Å². The monoisotopic (exact) mass is 290 g/mol. The van der Waals surface area contributed by atoms with Crippen molar-refractivity contribution in [3.05, 3.63) is 65.2 Å². The minimum absolute atomic E-state index is 0.197. The van der Waals surface area contributed by atoms with Crippen LogP contribution >= 0.6 is 11.6 Å². The molecule has 4 nitrogen and oxygen atoms in total. The Kier molecular flexibility index (Phi) is 4.85. The number of benzene rings is 1. The number of allylic oxidation sites excluding steroid dienone is 1. The number of carbonyl (C=O) groups excluding carboxylic acids is 1. The van der Waals surface area contributed by atoms with E-state index in [0.29, 0.717) is 17.3 Å². The van der Waals surface area contributed by atoms with Crippen LogP contribution in [0.15, 0.2) is 58.9 Å². The number of halogens is 1. The van der Waals surface area contributed by atoms with Crippen molar-refractivity contribution >= 4 is 23.2 Å². The Bertz CT molecular complexity index is 589. The van der Waals surface area contributed by atoms with E-state index in [-0.39, 0.29) is 5.91 Å². The highest BCUT2D eigenvalue weighted by Gasteiger charge is 2.01. The molecule has 0 aliphatic carbocycles. The molecule has 1 aromatic heterocycles. The second-order valence-electron chi connectivity index (χ2n) is 4.26. The number of anilines is 1. The van der Waals surface area contributed by atoms with Crippen LogP contribution in [0.5, 0.6) is 0 Å². The number of hydrogen-bond acceptors (Lipinski definition) is 3. The van der Waals surface area contributed by atoms with Gasteiger partial charge in [-0.1, -0.05) is 11.6 Å². The Hall–Kier alpha value is -2.20. The quantitative estimate of drug-likeness (QED) is 0.828. The normalized spacial score (nSPS) is 11.2. The third-order valence-electron chi connectivity index (χ3n) is 2.58. The van der Waals surface area contributed by atoms with Crippen molar-refractivity contribution < 1.29 is 9.21 Å². The minimum atomic E-state index is -0.197. The summed E-state index contributed by atoms with van der Waals surface area (Å²) in [5.41, 5.74) is 1.46. The highest BCUT2D eigenvalue weighted by Crippen LogP contribution is 2.13. The van der Waals surface area contributed by atoms with Gasteiger partial charge in [0.1, 0.15) is 5.76 Å². The predicted octanol–water partition coefficient (Wildman–Crippen LogP) is 3.57. The third-order valence-corrected chi connectivity index (χ3v) is 2.83. The molecule has 0 spiro atoms. The summed E-state index contributed by atoms with van der Waals surface area (Å²) in [5, 5.41) is 6.49. The molecule has 0 saturated heterocycles. The van der Waals surface area contributed by atoms with Gasteiger partial charge in [-0.2, -0.15) is 0 Å². The van der Waals surface area contributed by atoms with Crippen molar-refractivity contribution in [1.82, 2.24) is 5.32 Å². The molecule has 1 aromatic carbocycles. The standard InChI is InChI=1S/C15H15ClN2O2/c1-11(17-10-14-3-2-8-20-14)9-15(19)18-13-6-4-12(16)5-7-13/h2-9,17H,10H2,1H3,(H,18,19). The molecule has 20 heavy (non-hydrogen) atoms. The van der Waals surface area contributed by atoms with E-state index in [1.807, 2.05) is 19.1 Å². The molecule has 5 heteroatoms. The molecule has 0 unspecified atom stereocenters. The average molecular weight is 291 g/mol. The largest absolute Gasteiger partial charge is 0.467 e. The van der Waals surface area contributed by atoms with Crippen LogP contribution in [0.1, 0.15) is 12.7 Å². The van der Waals surface area contributed by atoms with Crippen LogP contribution in [0, 0.1) is 0 Å². The van der Waals surface area contributed by atoms with Gasteiger partial charge >= 0.3 is 0 Å². The lowest BCUT2D eigenvalue weighted by molar-refractivity contribution is -0.112. The van der Waals surface area contributed by atoms with Crippen LogP contribution in [0.2, 0.25) is 5.02 Å². The number of carbonyl (C=O) groups is 1. The van der Waals surface area contributed by atoms with E-state index < -0.39 is 0 Å². The summed E-state index contributed by atoms with van der Waals surface area (Å²) in [7, 11) is 0. The summed E-state index contributed by atoms with van der Waals surface area (Å²) < 4.78 is 5.19. The predicted molar refractivity (Wildman–Crippen MR) is 79.4 cm³/mol. The van der Waals surface area contributed by atoms with Gasteiger partial charge in [-0.25, -0.2) is 0 Å². The molecule has 0 bridgehead atoms. The van der Waals surface area contributed by atoms with Crippen molar-refractivity contribution in [2.75, 3.05) is 5.32 Å². The Labute approximate surface area is 122 Å². The van der Waals surface area contributed by atoms with Gasteiger partial charge in [0.25, 0.3) is 0 Å². The van der Waals surface area contributed by atoms with Crippen LogP contribution in [0.4, 0.5) is 5.69 Å². The molecule has 0 aliphatic heterocycles. The van der Waals surface area contributed by atoms with Crippen LogP contribution in [-0.2, 0) is 11.3 Å². The molecule has 1 heterocycles. The van der Waals surface area contributed by atoms with E-state index in [9.17, 15) is 4.79 Å². The van der Waals surface area contributed by atoms with E-state index in [4.69, 9.17) is 16.0 Å². The second-order valence-corrected chi connectivity index (χ2v) is 4.69. The molecule has 0 atom stereocenters. The van der Waals surface area contributed by atoms with Gasteiger partial charge in [0.2, 0.25) is 5.91 Å². The lowest BCUT2D eigenvalue weighted by Gasteiger charge is -2.05. The number of rotatable bonds is 5. The molecule has 2 N–H and O–H groups in total. The van der Waals surface area contributed by atoms with Crippen LogP contribution in [0.3, 0.4) is 0 Å². The molecule has 1 amide bonds. The SMILES string of the molecule is CC(=CC(=O)Nc1ccc(Cl)cc1)NCc1ccco1. The lowest BCUT2D eigenvalue weighted by atomic mass is 10.3. The summed E-state index contributed by atoms with van der Waals surface area (Å²) in [6, 6.07) is 10.6. The van der Waals surface area contributed by atoms with Gasteiger partial charge < -0.3 is 15.1 Å². The fourth-order valence-electron chi connectivity index (χ4n) is 1.60. The zero-order valence-corrected chi connectivity index (χ0v) is 11.8. The first kappa shape index (κ1) is 14.2. The highest BCUT2D eigenvalue weighted by atomic mass is 35.5. The fraction of sp³-hybridized carbons (Fsp3) is 0.133. The molecule has 0 aliphatic rings. The molecule has 2 rings (SSSR count). The van der Waals surface area contributed by atoms with Gasteiger partial charge in [0.15, 0.2) is 0 Å². The maximum Gasteiger partial charge on any atom is 0.250 e. The first-order chi connectivity index (χ1) is 9.63. The summed E-state index contributed by atoms with van der Waals surface area (Å²) in [6.45, 7) is 2.37. The molecular weight excluding hydrogens is 276 g/mol. The van der Waals surface area contributed by atoms with Crippen molar-refractivity contribution in [1.29, 1.82) is 0 Å². The molecule has 0 saturated carbocycles. The fourth-order valence-corrected chi connectivity index (χ4v) is 1.72. The first-order valence-electron chi connectivity index (χ1n) is 6.14. The average Bonchev–Trinajstić information content (AvgIpc) is 2.92.